The molecule has 2 aromatic rings. The second-order valence-electron chi connectivity index (χ2n) is 7.54. The molecule has 0 aliphatic carbocycles. The smallest absolute Gasteiger partial charge is 0.251 e. The van der Waals surface area contributed by atoms with Gasteiger partial charge in [0.15, 0.2) is 0 Å². The lowest BCUT2D eigenvalue weighted by atomic mass is 10.0. The van der Waals surface area contributed by atoms with Crippen molar-refractivity contribution in [2.75, 3.05) is 38.1 Å². The monoisotopic (exact) mass is 381 g/mol. The number of β-amino-alcohol motifs (C(OH)–C–C–N with tert-alkyl or cyclic N) is 1. The molecule has 0 spiro atoms. The summed E-state index contributed by atoms with van der Waals surface area (Å²) in [6, 6.07) is 18.4. The van der Waals surface area contributed by atoms with Crippen molar-refractivity contribution in [2.24, 2.45) is 0 Å². The average Bonchev–Trinajstić information content (AvgIpc) is 3.15. The number of benzene rings is 2. The lowest BCUT2D eigenvalue weighted by Crippen LogP contribution is -2.36. The van der Waals surface area contributed by atoms with Crippen molar-refractivity contribution in [2.45, 2.75) is 31.9 Å². The van der Waals surface area contributed by atoms with Crippen LogP contribution in [0.2, 0.25) is 0 Å². The Morgan fingerprint density at radius 1 is 1.21 bits per heavy atom. The number of likely N-dealkylation sites (N-methyl/N-ethyl adjacent to an activating group) is 1. The Bertz CT molecular complexity index is 748. The molecule has 0 saturated carbocycles. The van der Waals surface area contributed by atoms with E-state index in [2.05, 4.69) is 46.4 Å². The molecule has 2 atom stereocenters. The molecule has 1 aliphatic heterocycles. The highest BCUT2D eigenvalue weighted by atomic mass is 16.3. The van der Waals surface area contributed by atoms with E-state index in [-0.39, 0.29) is 18.1 Å². The Labute approximate surface area is 168 Å². The molecule has 1 aliphatic rings. The van der Waals surface area contributed by atoms with Gasteiger partial charge in [0, 0.05) is 44.5 Å². The van der Waals surface area contributed by atoms with E-state index in [4.69, 9.17) is 0 Å². The Balaban J connectivity index is 1.76. The van der Waals surface area contributed by atoms with Crippen LogP contribution in [-0.4, -0.2) is 55.2 Å². The SMILES string of the molecule is CCCNC(=O)c1ccc(N(C)C(CN2CCC(O)C2)c2ccccc2)cc1. The Morgan fingerprint density at radius 2 is 1.93 bits per heavy atom. The number of carbonyl (C=O) groups is 1. The number of aliphatic hydroxyl groups excluding tert-OH is 1. The Morgan fingerprint density at radius 3 is 2.54 bits per heavy atom. The molecule has 1 saturated heterocycles. The van der Waals surface area contributed by atoms with Gasteiger partial charge in [-0.05, 0) is 42.7 Å². The first-order valence-electron chi connectivity index (χ1n) is 10.1. The third-order valence-electron chi connectivity index (χ3n) is 5.40. The molecule has 5 nitrogen and oxygen atoms in total. The molecule has 1 fully saturated rings. The van der Waals surface area contributed by atoms with Crippen molar-refractivity contribution < 1.29 is 9.90 Å². The van der Waals surface area contributed by atoms with Crippen LogP contribution >= 0.6 is 0 Å². The molecule has 150 valence electrons. The number of aliphatic hydroxyl groups is 1. The summed E-state index contributed by atoms with van der Waals surface area (Å²) in [5.41, 5.74) is 3.00. The zero-order valence-electron chi connectivity index (χ0n) is 16.8. The Kier molecular flexibility index (Phi) is 7.06. The summed E-state index contributed by atoms with van der Waals surface area (Å²) >= 11 is 0. The van der Waals surface area contributed by atoms with Gasteiger partial charge in [0.25, 0.3) is 5.91 Å². The van der Waals surface area contributed by atoms with Crippen molar-refractivity contribution in [3.63, 3.8) is 0 Å². The fourth-order valence-electron chi connectivity index (χ4n) is 3.72. The van der Waals surface area contributed by atoms with E-state index in [1.807, 2.05) is 37.3 Å². The number of amides is 1. The van der Waals surface area contributed by atoms with Crippen LogP contribution in [0, 0.1) is 0 Å². The molecular formula is C23H31N3O2. The fourth-order valence-corrected chi connectivity index (χ4v) is 3.72. The lowest BCUT2D eigenvalue weighted by Gasteiger charge is -2.33. The summed E-state index contributed by atoms with van der Waals surface area (Å²) in [6.45, 7) is 5.25. The van der Waals surface area contributed by atoms with Crippen molar-refractivity contribution in [1.82, 2.24) is 10.2 Å². The highest BCUT2D eigenvalue weighted by molar-refractivity contribution is 5.94. The number of nitrogens with zero attached hydrogens (tertiary/aromatic N) is 2. The van der Waals surface area contributed by atoms with E-state index >= 15 is 0 Å². The highest BCUT2D eigenvalue weighted by Crippen LogP contribution is 2.28. The predicted molar refractivity (Wildman–Crippen MR) is 114 cm³/mol. The van der Waals surface area contributed by atoms with Gasteiger partial charge >= 0.3 is 0 Å². The predicted octanol–water partition coefficient (Wildman–Crippen LogP) is 3.07. The van der Waals surface area contributed by atoms with Crippen LogP contribution < -0.4 is 10.2 Å². The second-order valence-corrected chi connectivity index (χ2v) is 7.54. The number of anilines is 1. The molecule has 1 amide bonds. The summed E-state index contributed by atoms with van der Waals surface area (Å²) in [6.07, 6.45) is 1.55. The first kappa shape index (κ1) is 20.4. The first-order chi connectivity index (χ1) is 13.6. The van der Waals surface area contributed by atoms with Crippen LogP contribution in [0.15, 0.2) is 54.6 Å². The average molecular weight is 382 g/mol. The van der Waals surface area contributed by atoms with Crippen LogP contribution in [0.4, 0.5) is 5.69 Å². The molecule has 0 aromatic heterocycles. The number of rotatable bonds is 8. The molecule has 1 heterocycles. The van der Waals surface area contributed by atoms with Gasteiger partial charge in [-0.3, -0.25) is 9.69 Å². The van der Waals surface area contributed by atoms with E-state index in [0.717, 1.165) is 38.2 Å². The minimum absolute atomic E-state index is 0.0262. The summed E-state index contributed by atoms with van der Waals surface area (Å²) < 4.78 is 0. The number of likely N-dealkylation sites (tertiary alicyclic amines) is 1. The maximum Gasteiger partial charge on any atom is 0.251 e. The molecule has 5 heteroatoms. The van der Waals surface area contributed by atoms with Gasteiger partial charge < -0.3 is 15.3 Å². The normalized spacial score (nSPS) is 18.0. The van der Waals surface area contributed by atoms with Crippen LogP contribution in [0.1, 0.15) is 41.7 Å². The molecule has 2 aromatic carbocycles. The van der Waals surface area contributed by atoms with E-state index in [9.17, 15) is 9.90 Å². The van der Waals surface area contributed by atoms with Crippen LogP contribution in [-0.2, 0) is 0 Å². The number of hydrogen-bond acceptors (Lipinski definition) is 4. The fraction of sp³-hybridized carbons (Fsp3) is 0.435. The van der Waals surface area contributed by atoms with Gasteiger partial charge in [-0.1, -0.05) is 37.3 Å². The number of hydrogen-bond donors (Lipinski definition) is 2. The minimum Gasteiger partial charge on any atom is -0.392 e. The zero-order valence-corrected chi connectivity index (χ0v) is 16.8. The first-order valence-corrected chi connectivity index (χ1v) is 10.1. The molecule has 3 rings (SSSR count). The van der Waals surface area contributed by atoms with E-state index in [1.54, 1.807) is 0 Å². The lowest BCUT2D eigenvalue weighted by molar-refractivity contribution is 0.0953. The van der Waals surface area contributed by atoms with E-state index in [0.29, 0.717) is 12.1 Å². The Hall–Kier alpha value is -2.37. The minimum atomic E-state index is -0.220. The third kappa shape index (κ3) is 5.12. The summed E-state index contributed by atoms with van der Waals surface area (Å²) in [5, 5.41) is 12.8. The molecular weight excluding hydrogens is 350 g/mol. The maximum atomic E-state index is 12.1. The number of nitrogens with one attached hydrogen (secondary N) is 1. The molecule has 28 heavy (non-hydrogen) atoms. The van der Waals surface area contributed by atoms with Crippen LogP contribution in [0.25, 0.3) is 0 Å². The maximum absolute atomic E-state index is 12.1. The quantitative estimate of drug-likeness (QED) is 0.738. The molecule has 2 unspecified atom stereocenters. The topological polar surface area (TPSA) is 55.8 Å². The third-order valence-corrected chi connectivity index (χ3v) is 5.40. The molecule has 2 N–H and O–H groups in total. The van der Waals surface area contributed by atoms with Crippen molar-refractivity contribution >= 4 is 11.6 Å². The van der Waals surface area contributed by atoms with Crippen LogP contribution in [0.5, 0.6) is 0 Å². The summed E-state index contributed by atoms with van der Waals surface area (Å²) in [5.74, 6) is -0.0262. The largest absolute Gasteiger partial charge is 0.392 e. The zero-order chi connectivity index (χ0) is 19.9. The van der Waals surface area contributed by atoms with Crippen molar-refractivity contribution in [3.8, 4) is 0 Å². The second kappa shape index (κ2) is 9.71. The number of carbonyl (C=O) groups excluding carboxylic acids is 1. The van der Waals surface area contributed by atoms with E-state index < -0.39 is 0 Å². The van der Waals surface area contributed by atoms with Gasteiger partial charge in [0.1, 0.15) is 0 Å². The van der Waals surface area contributed by atoms with Crippen molar-refractivity contribution in [1.29, 1.82) is 0 Å². The van der Waals surface area contributed by atoms with Gasteiger partial charge in [-0.25, -0.2) is 0 Å². The van der Waals surface area contributed by atoms with Gasteiger partial charge in [0.05, 0.1) is 12.1 Å². The summed E-state index contributed by atoms with van der Waals surface area (Å²) in [7, 11) is 2.09. The van der Waals surface area contributed by atoms with Crippen LogP contribution in [0.3, 0.4) is 0 Å². The van der Waals surface area contributed by atoms with Crippen molar-refractivity contribution in [3.05, 3.63) is 65.7 Å². The molecule has 0 radical (unpaired) electrons. The van der Waals surface area contributed by atoms with Gasteiger partial charge in [0.2, 0.25) is 0 Å². The van der Waals surface area contributed by atoms with Gasteiger partial charge in [-0.15, -0.1) is 0 Å². The van der Waals surface area contributed by atoms with Gasteiger partial charge in [-0.2, -0.15) is 0 Å². The molecule has 0 bridgehead atoms. The summed E-state index contributed by atoms with van der Waals surface area (Å²) in [4.78, 5) is 16.7. The van der Waals surface area contributed by atoms with E-state index in [1.165, 1.54) is 5.56 Å². The standard InChI is InChI=1S/C23H31N3O2/c1-3-14-24-23(28)19-9-11-20(12-10-19)25(2)22(18-7-5-4-6-8-18)17-26-15-13-21(27)16-26/h4-12,21-22,27H,3,13-17H2,1-2H3,(H,24,28). The highest BCUT2D eigenvalue weighted by Gasteiger charge is 2.26.